The maximum Gasteiger partial charge on any atom is 0.282 e. The lowest BCUT2D eigenvalue weighted by Crippen LogP contribution is -2.21. The highest BCUT2D eigenvalue weighted by Crippen LogP contribution is 2.37. The minimum Gasteiger partial charge on any atom is -0.486 e. The molecule has 2 aromatic heterocycles. The fourth-order valence-corrected chi connectivity index (χ4v) is 3.53. The minimum atomic E-state index is -0.323. The molecule has 1 aliphatic heterocycles. The number of nitrogens with zero attached hydrogens (tertiary/aromatic N) is 3. The summed E-state index contributed by atoms with van der Waals surface area (Å²) in [7, 11) is 0. The van der Waals surface area contributed by atoms with Crippen LogP contribution in [0.3, 0.4) is 0 Å². The van der Waals surface area contributed by atoms with E-state index in [1.54, 1.807) is 23.2 Å². The lowest BCUT2D eigenvalue weighted by molar-refractivity contribution is 0.171. The minimum absolute atomic E-state index is 0.265. The Balaban J connectivity index is 1.82. The summed E-state index contributed by atoms with van der Waals surface area (Å²) in [6.07, 6.45) is 7.18. The number of benzene rings is 1. The third kappa shape index (κ3) is 2.88. The number of terminal acetylenes is 1. The molecule has 0 spiro atoms. The number of hydrogen-bond acceptors (Lipinski definition) is 7. The smallest absolute Gasteiger partial charge is 0.282 e. The van der Waals surface area contributed by atoms with E-state index >= 15 is 0 Å². The van der Waals surface area contributed by atoms with Crippen LogP contribution < -0.4 is 19.9 Å². The van der Waals surface area contributed by atoms with Crippen molar-refractivity contribution in [2.24, 2.45) is 0 Å². The van der Waals surface area contributed by atoms with E-state index < -0.39 is 0 Å². The summed E-state index contributed by atoms with van der Waals surface area (Å²) in [6.45, 7) is 1.29. The first kappa shape index (κ1) is 15.4. The number of aromatic nitrogens is 2. The van der Waals surface area contributed by atoms with Crippen molar-refractivity contribution in [3.05, 3.63) is 46.9 Å². The Bertz CT molecular complexity index is 1040. The van der Waals surface area contributed by atoms with Gasteiger partial charge >= 0.3 is 0 Å². The maximum atomic E-state index is 12.3. The Kier molecular flexibility index (Phi) is 3.96. The summed E-state index contributed by atoms with van der Waals surface area (Å²) < 4.78 is 11.2. The average molecular weight is 351 g/mol. The normalized spacial score (nSPS) is 12.6. The van der Waals surface area contributed by atoms with E-state index in [0.717, 1.165) is 5.69 Å². The van der Waals surface area contributed by atoms with Gasteiger partial charge < -0.3 is 14.4 Å². The largest absolute Gasteiger partial charge is 0.486 e. The third-order valence-corrected chi connectivity index (χ3v) is 4.72. The summed E-state index contributed by atoms with van der Waals surface area (Å²) in [5.41, 5.74) is 0.456. The van der Waals surface area contributed by atoms with Crippen LogP contribution in [-0.2, 0) is 0 Å². The SMILES string of the molecule is C#CCN(c1ccc2c(c1)OCCO2)c1nc(=O)c2cccnc2s1. The van der Waals surface area contributed by atoms with Gasteiger partial charge in [0, 0.05) is 18.0 Å². The number of rotatable bonds is 3. The van der Waals surface area contributed by atoms with Crippen molar-refractivity contribution in [1.29, 1.82) is 0 Å². The van der Waals surface area contributed by atoms with Crippen molar-refractivity contribution in [3.63, 3.8) is 0 Å². The van der Waals surface area contributed by atoms with Gasteiger partial charge in [-0.05, 0) is 24.3 Å². The number of hydrogen-bond donors (Lipinski definition) is 0. The first-order valence-electron chi connectivity index (χ1n) is 7.63. The first-order valence-corrected chi connectivity index (χ1v) is 8.44. The molecule has 0 saturated carbocycles. The second-order valence-corrected chi connectivity index (χ2v) is 6.23. The molecule has 0 amide bonds. The number of ether oxygens (including phenoxy) is 2. The van der Waals surface area contributed by atoms with E-state index in [4.69, 9.17) is 15.9 Å². The molecule has 6 nitrogen and oxygen atoms in total. The van der Waals surface area contributed by atoms with Gasteiger partial charge in [-0.3, -0.25) is 4.79 Å². The van der Waals surface area contributed by atoms with E-state index in [9.17, 15) is 4.79 Å². The highest BCUT2D eigenvalue weighted by Gasteiger charge is 2.18. The van der Waals surface area contributed by atoms with Crippen LogP contribution in [0.1, 0.15) is 0 Å². The molecule has 0 aliphatic carbocycles. The van der Waals surface area contributed by atoms with Crippen LogP contribution in [0.25, 0.3) is 10.2 Å². The molecule has 124 valence electrons. The molecule has 25 heavy (non-hydrogen) atoms. The topological polar surface area (TPSA) is 64.6 Å². The molecule has 0 radical (unpaired) electrons. The van der Waals surface area contributed by atoms with Gasteiger partial charge in [-0.25, -0.2) is 4.98 Å². The van der Waals surface area contributed by atoms with Gasteiger partial charge in [0.1, 0.15) is 18.0 Å². The quantitative estimate of drug-likeness (QED) is 0.676. The predicted octanol–water partition coefficient (Wildman–Crippen LogP) is 2.59. The lowest BCUT2D eigenvalue weighted by Gasteiger charge is -2.24. The maximum absolute atomic E-state index is 12.3. The van der Waals surface area contributed by atoms with E-state index in [2.05, 4.69) is 15.9 Å². The van der Waals surface area contributed by atoms with Gasteiger partial charge in [0.15, 0.2) is 16.6 Å². The van der Waals surface area contributed by atoms with Crippen molar-refractivity contribution in [3.8, 4) is 23.8 Å². The molecule has 4 rings (SSSR count). The summed E-state index contributed by atoms with van der Waals surface area (Å²) in [4.78, 5) is 23.2. The average Bonchev–Trinajstić information content (AvgIpc) is 2.66. The van der Waals surface area contributed by atoms with Crippen molar-refractivity contribution < 1.29 is 9.47 Å². The first-order chi connectivity index (χ1) is 12.3. The zero-order valence-electron chi connectivity index (χ0n) is 13.1. The van der Waals surface area contributed by atoms with Crippen LogP contribution in [0, 0.1) is 12.3 Å². The van der Waals surface area contributed by atoms with Crippen LogP contribution >= 0.6 is 11.3 Å². The summed E-state index contributed by atoms with van der Waals surface area (Å²) in [5, 5.41) is 0.991. The molecule has 1 aromatic carbocycles. The molecular formula is C18H13N3O3S. The van der Waals surface area contributed by atoms with Gasteiger partial charge in [0.2, 0.25) is 0 Å². The standard InChI is InChI=1S/C18H13N3O3S/c1-2-8-21(12-5-6-14-15(11-12)24-10-9-23-14)18-20-16(22)13-4-3-7-19-17(13)25-18/h1,3-7,11H,8-10H2. The summed E-state index contributed by atoms with van der Waals surface area (Å²) in [6, 6.07) is 8.97. The second-order valence-electron chi connectivity index (χ2n) is 5.28. The molecule has 3 heterocycles. The number of anilines is 2. The zero-order chi connectivity index (χ0) is 17.2. The molecule has 7 heteroatoms. The van der Waals surface area contributed by atoms with Crippen LogP contribution in [0.4, 0.5) is 10.8 Å². The Morgan fingerprint density at radius 2 is 2.08 bits per heavy atom. The van der Waals surface area contributed by atoms with Crippen LogP contribution in [-0.4, -0.2) is 29.7 Å². The van der Waals surface area contributed by atoms with E-state index in [0.29, 0.717) is 40.1 Å². The van der Waals surface area contributed by atoms with Crippen LogP contribution in [0.2, 0.25) is 0 Å². The molecule has 3 aromatic rings. The predicted molar refractivity (Wildman–Crippen MR) is 97.0 cm³/mol. The molecule has 0 fully saturated rings. The van der Waals surface area contributed by atoms with E-state index in [1.165, 1.54) is 11.3 Å². The van der Waals surface area contributed by atoms with Crippen molar-refractivity contribution in [2.75, 3.05) is 24.7 Å². The molecule has 0 saturated heterocycles. The van der Waals surface area contributed by atoms with Crippen LogP contribution in [0.15, 0.2) is 41.3 Å². The van der Waals surface area contributed by atoms with Crippen molar-refractivity contribution in [1.82, 2.24) is 9.97 Å². The van der Waals surface area contributed by atoms with Crippen molar-refractivity contribution in [2.45, 2.75) is 0 Å². The number of fused-ring (bicyclic) bond motifs is 2. The highest BCUT2D eigenvalue weighted by molar-refractivity contribution is 7.21. The molecule has 0 bridgehead atoms. The van der Waals surface area contributed by atoms with Gasteiger partial charge in [0.05, 0.1) is 11.9 Å². The van der Waals surface area contributed by atoms with Crippen LogP contribution in [0.5, 0.6) is 11.5 Å². The van der Waals surface area contributed by atoms with Gasteiger partial charge in [-0.2, -0.15) is 4.98 Å². The third-order valence-electron chi connectivity index (χ3n) is 3.70. The lowest BCUT2D eigenvalue weighted by atomic mass is 10.2. The fraction of sp³-hybridized carbons (Fsp3) is 0.167. The monoisotopic (exact) mass is 351 g/mol. The highest BCUT2D eigenvalue weighted by atomic mass is 32.1. The van der Waals surface area contributed by atoms with Gasteiger partial charge in [-0.1, -0.05) is 17.3 Å². The Morgan fingerprint density at radius 1 is 1.24 bits per heavy atom. The van der Waals surface area contributed by atoms with E-state index in [-0.39, 0.29) is 12.1 Å². The second kappa shape index (κ2) is 6.42. The van der Waals surface area contributed by atoms with Gasteiger partial charge in [-0.15, -0.1) is 6.42 Å². The molecule has 0 unspecified atom stereocenters. The summed E-state index contributed by atoms with van der Waals surface area (Å²) >= 11 is 1.32. The van der Waals surface area contributed by atoms with E-state index in [1.807, 2.05) is 18.2 Å². The fourth-order valence-electron chi connectivity index (χ4n) is 2.57. The Labute approximate surface area is 147 Å². The molecule has 0 N–H and O–H groups in total. The zero-order valence-corrected chi connectivity index (χ0v) is 14.0. The number of pyridine rings is 1. The summed E-state index contributed by atoms with van der Waals surface area (Å²) in [5.74, 6) is 3.95. The van der Waals surface area contributed by atoms with Crippen molar-refractivity contribution >= 4 is 32.4 Å². The Morgan fingerprint density at radius 3 is 2.92 bits per heavy atom. The molecular weight excluding hydrogens is 338 g/mol. The molecule has 0 atom stereocenters. The Hall–Kier alpha value is -3.11. The van der Waals surface area contributed by atoms with Gasteiger partial charge in [0.25, 0.3) is 5.56 Å². The molecule has 1 aliphatic rings.